The molecule has 0 saturated carbocycles. The Labute approximate surface area is 154 Å². The third-order valence-electron chi connectivity index (χ3n) is 4.32. The average Bonchev–Trinajstić information content (AvgIpc) is 2.61. The third-order valence-corrected chi connectivity index (χ3v) is 4.32. The normalized spacial score (nSPS) is 11.3. The van der Waals surface area contributed by atoms with E-state index in [1.54, 1.807) is 0 Å². The molecule has 9 heteroatoms. The second-order valence-corrected chi connectivity index (χ2v) is 6.36. The fraction of sp³-hybridized carbons (Fsp3) is 0.278. The molecule has 0 atom stereocenters. The summed E-state index contributed by atoms with van der Waals surface area (Å²) in [6, 6.07) is 5.70. The standard InChI is InChI=1S/C18H20N4O5/c1-21(2)9-8-19-10-4-5-11(22(25)26)16-14(10)18(24)15-12(23)6-7-13(27-3)17(15)20-16/h4-7,19,23H,8-9H2,1-3H3,(H,20,24). The van der Waals surface area contributed by atoms with E-state index < -0.39 is 10.4 Å². The Morgan fingerprint density at radius 2 is 1.96 bits per heavy atom. The zero-order valence-corrected chi connectivity index (χ0v) is 15.2. The van der Waals surface area contributed by atoms with Crippen molar-refractivity contribution in [3.63, 3.8) is 0 Å². The number of rotatable bonds is 6. The topological polar surface area (TPSA) is 121 Å². The summed E-state index contributed by atoms with van der Waals surface area (Å²) in [5.74, 6) is 0.0850. The van der Waals surface area contributed by atoms with E-state index in [1.165, 1.54) is 31.4 Å². The van der Waals surface area contributed by atoms with Gasteiger partial charge in [0, 0.05) is 24.8 Å². The van der Waals surface area contributed by atoms with E-state index in [0.29, 0.717) is 24.5 Å². The second-order valence-electron chi connectivity index (χ2n) is 6.36. The van der Waals surface area contributed by atoms with Gasteiger partial charge in [0.05, 0.1) is 28.3 Å². The van der Waals surface area contributed by atoms with E-state index >= 15 is 0 Å². The molecule has 0 amide bonds. The molecule has 0 unspecified atom stereocenters. The number of ether oxygens (including phenoxy) is 1. The number of hydrogen-bond donors (Lipinski definition) is 3. The number of nitro groups is 1. The summed E-state index contributed by atoms with van der Waals surface area (Å²) in [6.45, 7) is 1.25. The van der Waals surface area contributed by atoms with Crippen molar-refractivity contribution >= 4 is 33.2 Å². The maximum Gasteiger partial charge on any atom is 0.293 e. The van der Waals surface area contributed by atoms with E-state index in [2.05, 4.69) is 10.3 Å². The number of likely N-dealkylation sites (N-methyl/N-ethyl adjacent to an activating group) is 1. The lowest BCUT2D eigenvalue weighted by atomic mass is 10.1. The summed E-state index contributed by atoms with van der Waals surface area (Å²) in [4.78, 5) is 29.0. The van der Waals surface area contributed by atoms with Gasteiger partial charge in [0.1, 0.15) is 17.0 Å². The monoisotopic (exact) mass is 372 g/mol. The number of H-pyrrole nitrogens is 1. The van der Waals surface area contributed by atoms with Crippen LogP contribution in [0.4, 0.5) is 11.4 Å². The van der Waals surface area contributed by atoms with Crippen molar-refractivity contribution in [3.8, 4) is 11.5 Å². The first-order chi connectivity index (χ1) is 12.8. The number of fused-ring (bicyclic) bond motifs is 2. The summed E-state index contributed by atoms with van der Waals surface area (Å²) in [5.41, 5.74) is 0.0152. The van der Waals surface area contributed by atoms with Crippen LogP contribution >= 0.6 is 0 Å². The van der Waals surface area contributed by atoms with Crippen molar-refractivity contribution in [1.29, 1.82) is 0 Å². The Hall–Kier alpha value is -3.33. The highest BCUT2D eigenvalue weighted by molar-refractivity contribution is 6.05. The second kappa shape index (κ2) is 7.12. The number of phenolic OH excluding ortho intramolecular Hbond substituents is 1. The van der Waals surface area contributed by atoms with Crippen molar-refractivity contribution in [2.24, 2.45) is 0 Å². The molecule has 3 aromatic rings. The van der Waals surface area contributed by atoms with Gasteiger partial charge in [0.15, 0.2) is 0 Å². The minimum Gasteiger partial charge on any atom is -0.507 e. The zero-order valence-electron chi connectivity index (χ0n) is 15.2. The molecule has 3 rings (SSSR count). The maximum atomic E-state index is 13.2. The quantitative estimate of drug-likeness (QED) is 0.345. The van der Waals surface area contributed by atoms with Crippen molar-refractivity contribution in [3.05, 3.63) is 44.6 Å². The smallest absolute Gasteiger partial charge is 0.293 e. The highest BCUT2D eigenvalue weighted by Gasteiger charge is 2.22. The number of aromatic hydroxyl groups is 1. The predicted octanol–water partition coefficient (Wildman–Crippen LogP) is 2.28. The number of phenols is 1. The van der Waals surface area contributed by atoms with Crippen molar-refractivity contribution in [2.75, 3.05) is 39.6 Å². The number of methoxy groups -OCH3 is 1. The van der Waals surface area contributed by atoms with Crippen molar-refractivity contribution < 1.29 is 14.8 Å². The maximum absolute atomic E-state index is 13.2. The van der Waals surface area contributed by atoms with Crippen LogP contribution in [0.1, 0.15) is 0 Å². The number of non-ortho nitro benzene ring substituents is 1. The van der Waals surface area contributed by atoms with Crippen molar-refractivity contribution in [2.45, 2.75) is 0 Å². The molecule has 142 valence electrons. The number of pyridine rings is 1. The number of benzene rings is 2. The molecule has 3 N–H and O–H groups in total. The van der Waals surface area contributed by atoms with E-state index in [1.807, 2.05) is 19.0 Å². The molecule has 1 heterocycles. The first-order valence-corrected chi connectivity index (χ1v) is 8.26. The van der Waals surface area contributed by atoms with E-state index in [-0.39, 0.29) is 33.2 Å². The molecule has 0 aliphatic rings. The van der Waals surface area contributed by atoms with Crippen LogP contribution in [0.5, 0.6) is 11.5 Å². The number of nitrogens with zero attached hydrogens (tertiary/aromatic N) is 2. The molecule has 9 nitrogen and oxygen atoms in total. The molecule has 0 bridgehead atoms. The van der Waals surface area contributed by atoms with Crippen LogP contribution < -0.4 is 15.5 Å². The summed E-state index contributed by atoms with van der Waals surface area (Å²) in [5, 5.41) is 25.0. The molecule has 0 fully saturated rings. The van der Waals surface area contributed by atoms with Crippen LogP contribution in [0.15, 0.2) is 29.1 Å². The van der Waals surface area contributed by atoms with Crippen LogP contribution in [0.2, 0.25) is 0 Å². The van der Waals surface area contributed by atoms with Crippen molar-refractivity contribution in [1.82, 2.24) is 9.88 Å². The largest absolute Gasteiger partial charge is 0.507 e. The van der Waals surface area contributed by atoms with Gasteiger partial charge in [-0.3, -0.25) is 14.9 Å². The van der Waals surface area contributed by atoms with Crippen LogP contribution in [0.3, 0.4) is 0 Å². The van der Waals surface area contributed by atoms with Crippen LogP contribution in [0, 0.1) is 10.1 Å². The van der Waals surface area contributed by atoms with Gasteiger partial charge in [0.25, 0.3) is 5.69 Å². The molecule has 0 aliphatic carbocycles. The van der Waals surface area contributed by atoms with Gasteiger partial charge < -0.3 is 25.0 Å². The summed E-state index contributed by atoms with van der Waals surface area (Å²) < 4.78 is 5.24. The number of aromatic amines is 1. The van der Waals surface area contributed by atoms with Gasteiger partial charge in [-0.1, -0.05) is 0 Å². The van der Waals surface area contributed by atoms with E-state index in [4.69, 9.17) is 4.74 Å². The number of anilines is 1. The first-order valence-electron chi connectivity index (χ1n) is 8.26. The number of nitro benzene ring substituents is 1. The fourth-order valence-electron chi connectivity index (χ4n) is 3.01. The Morgan fingerprint density at radius 3 is 2.59 bits per heavy atom. The highest BCUT2D eigenvalue weighted by Crippen LogP contribution is 2.35. The van der Waals surface area contributed by atoms with Crippen LogP contribution in [0.25, 0.3) is 21.8 Å². The molecule has 0 saturated heterocycles. The highest BCUT2D eigenvalue weighted by atomic mass is 16.6. The first kappa shape index (κ1) is 18.5. The molecule has 27 heavy (non-hydrogen) atoms. The zero-order chi connectivity index (χ0) is 19.7. The van der Waals surface area contributed by atoms with Crippen LogP contribution in [-0.2, 0) is 0 Å². The summed E-state index contributed by atoms with van der Waals surface area (Å²) in [7, 11) is 5.25. The number of aromatic nitrogens is 1. The van der Waals surface area contributed by atoms with Gasteiger partial charge in [-0.15, -0.1) is 0 Å². The molecular weight excluding hydrogens is 352 g/mol. The summed E-state index contributed by atoms with van der Waals surface area (Å²) in [6.07, 6.45) is 0. The fourth-order valence-corrected chi connectivity index (χ4v) is 3.01. The number of nitrogens with one attached hydrogen (secondary N) is 2. The average molecular weight is 372 g/mol. The van der Waals surface area contributed by atoms with Gasteiger partial charge >= 0.3 is 0 Å². The molecular formula is C18H20N4O5. The lowest BCUT2D eigenvalue weighted by Crippen LogP contribution is -2.21. The lowest BCUT2D eigenvalue weighted by Gasteiger charge is -2.14. The lowest BCUT2D eigenvalue weighted by molar-refractivity contribution is -0.383. The Bertz CT molecular complexity index is 1090. The van der Waals surface area contributed by atoms with Gasteiger partial charge in [-0.05, 0) is 32.3 Å². The molecule has 1 aromatic heterocycles. The summed E-state index contributed by atoms with van der Waals surface area (Å²) >= 11 is 0. The minimum atomic E-state index is -0.553. The Morgan fingerprint density at radius 1 is 1.22 bits per heavy atom. The Balaban J connectivity index is 2.37. The van der Waals surface area contributed by atoms with Gasteiger partial charge in [-0.2, -0.15) is 0 Å². The SMILES string of the molecule is COc1ccc(O)c2c(=O)c3c(NCCN(C)C)ccc([N+](=O)[O-])c3[nH]c12. The van der Waals surface area contributed by atoms with E-state index in [9.17, 15) is 20.0 Å². The number of hydrogen-bond acceptors (Lipinski definition) is 7. The van der Waals surface area contributed by atoms with E-state index in [0.717, 1.165) is 0 Å². The molecule has 2 aromatic carbocycles. The molecule has 0 spiro atoms. The Kier molecular flexibility index (Phi) is 4.87. The molecule has 0 radical (unpaired) electrons. The van der Waals surface area contributed by atoms with Gasteiger partial charge in [-0.25, -0.2) is 0 Å². The third kappa shape index (κ3) is 3.24. The molecule has 0 aliphatic heterocycles. The minimum absolute atomic E-state index is 0.0259. The van der Waals surface area contributed by atoms with Gasteiger partial charge in [0.2, 0.25) is 5.43 Å². The predicted molar refractivity (Wildman–Crippen MR) is 104 cm³/mol. The van der Waals surface area contributed by atoms with Crippen LogP contribution in [-0.4, -0.2) is 54.2 Å².